The third-order valence-corrected chi connectivity index (χ3v) is 5.08. The van der Waals surface area contributed by atoms with Gasteiger partial charge in [-0.2, -0.15) is 4.99 Å². The normalized spacial score (nSPS) is 12.3. The lowest BCUT2D eigenvalue weighted by Gasteiger charge is -2.07. The fourth-order valence-corrected chi connectivity index (χ4v) is 4.17. The number of methoxy groups -OCH3 is 1. The molecule has 1 aromatic heterocycles. The molecule has 4 nitrogen and oxygen atoms in total. The maximum absolute atomic E-state index is 12.3. The second-order valence-electron chi connectivity index (χ2n) is 6.15. The summed E-state index contributed by atoms with van der Waals surface area (Å²) < 4.78 is 8.45. The van der Waals surface area contributed by atoms with Crippen molar-refractivity contribution in [3.63, 3.8) is 0 Å². The standard InChI is InChI=1S/C21H22N2O2S/c1-15-13-16(2)20-18(14-15)26-21(23(20)11-12-25-3)22-19(24)10-9-17-7-5-4-6-8-17/h4-10,13-14H,11-12H2,1-3H3/b10-9+,22-21?. The summed E-state index contributed by atoms with van der Waals surface area (Å²) in [7, 11) is 1.68. The second-order valence-corrected chi connectivity index (χ2v) is 7.16. The van der Waals surface area contributed by atoms with E-state index in [2.05, 4.69) is 35.5 Å². The smallest absolute Gasteiger partial charge is 0.272 e. The van der Waals surface area contributed by atoms with E-state index in [1.54, 1.807) is 13.2 Å². The van der Waals surface area contributed by atoms with E-state index in [0.717, 1.165) is 15.8 Å². The molecule has 1 amide bonds. The molecule has 0 unspecified atom stereocenters. The van der Waals surface area contributed by atoms with Gasteiger partial charge in [0.15, 0.2) is 4.80 Å². The Morgan fingerprint density at radius 1 is 1.23 bits per heavy atom. The van der Waals surface area contributed by atoms with Crippen LogP contribution in [0.4, 0.5) is 0 Å². The topological polar surface area (TPSA) is 43.6 Å². The molecule has 0 spiro atoms. The number of rotatable bonds is 5. The Labute approximate surface area is 157 Å². The molecule has 0 saturated carbocycles. The van der Waals surface area contributed by atoms with E-state index in [9.17, 15) is 4.79 Å². The fourth-order valence-electron chi connectivity index (χ4n) is 2.93. The van der Waals surface area contributed by atoms with Crippen LogP contribution in [-0.4, -0.2) is 24.2 Å². The van der Waals surface area contributed by atoms with Crippen LogP contribution in [0.25, 0.3) is 16.3 Å². The third kappa shape index (κ3) is 4.18. The highest BCUT2D eigenvalue weighted by molar-refractivity contribution is 7.16. The fraction of sp³-hybridized carbons (Fsp3) is 0.238. The Kier molecular flexibility index (Phi) is 5.81. The maximum atomic E-state index is 12.3. The van der Waals surface area contributed by atoms with E-state index in [4.69, 9.17) is 4.74 Å². The van der Waals surface area contributed by atoms with E-state index >= 15 is 0 Å². The minimum atomic E-state index is -0.263. The third-order valence-electron chi connectivity index (χ3n) is 4.05. The molecule has 0 atom stereocenters. The summed E-state index contributed by atoms with van der Waals surface area (Å²) in [5.74, 6) is -0.263. The molecule has 0 aliphatic heterocycles. The van der Waals surface area contributed by atoms with Crippen molar-refractivity contribution in [3.05, 3.63) is 70.0 Å². The number of fused-ring (bicyclic) bond motifs is 1. The molecule has 5 heteroatoms. The van der Waals surface area contributed by atoms with Crippen molar-refractivity contribution in [1.29, 1.82) is 0 Å². The molecule has 0 radical (unpaired) electrons. The van der Waals surface area contributed by atoms with E-state index in [-0.39, 0.29) is 5.91 Å². The number of amides is 1. The van der Waals surface area contributed by atoms with Crippen LogP contribution in [0.3, 0.4) is 0 Å². The van der Waals surface area contributed by atoms with Gasteiger partial charge in [-0.3, -0.25) is 4.79 Å². The van der Waals surface area contributed by atoms with Crippen LogP contribution < -0.4 is 4.80 Å². The summed E-state index contributed by atoms with van der Waals surface area (Å²) in [5, 5.41) is 0. The van der Waals surface area contributed by atoms with Gasteiger partial charge >= 0.3 is 0 Å². The first kappa shape index (κ1) is 18.3. The zero-order valence-electron chi connectivity index (χ0n) is 15.2. The first-order valence-electron chi connectivity index (χ1n) is 8.50. The van der Waals surface area contributed by atoms with E-state index in [1.807, 2.05) is 30.3 Å². The summed E-state index contributed by atoms with van der Waals surface area (Å²) in [6, 6.07) is 14.0. The first-order valence-corrected chi connectivity index (χ1v) is 9.31. The minimum Gasteiger partial charge on any atom is -0.383 e. The van der Waals surface area contributed by atoms with Gasteiger partial charge in [-0.25, -0.2) is 0 Å². The van der Waals surface area contributed by atoms with Crippen LogP contribution in [0.2, 0.25) is 0 Å². The Balaban J connectivity index is 2.02. The van der Waals surface area contributed by atoms with Crippen molar-refractivity contribution in [2.75, 3.05) is 13.7 Å². The van der Waals surface area contributed by atoms with Crippen molar-refractivity contribution < 1.29 is 9.53 Å². The molecule has 0 bridgehead atoms. The van der Waals surface area contributed by atoms with Crippen LogP contribution in [0.1, 0.15) is 16.7 Å². The number of benzene rings is 2. The van der Waals surface area contributed by atoms with Crippen LogP contribution in [0.5, 0.6) is 0 Å². The number of thiazole rings is 1. The Morgan fingerprint density at radius 3 is 2.73 bits per heavy atom. The lowest BCUT2D eigenvalue weighted by Crippen LogP contribution is -2.19. The molecule has 2 aromatic carbocycles. The lowest BCUT2D eigenvalue weighted by atomic mass is 10.1. The van der Waals surface area contributed by atoms with E-state index < -0.39 is 0 Å². The predicted molar refractivity (Wildman–Crippen MR) is 107 cm³/mol. The first-order chi connectivity index (χ1) is 12.6. The molecular formula is C21H22N2O2S. The molecule has 0 aliphatic rings. The number of nitrogens with zero attached hydrogens (tertiary/aromatic N) is 2. The quantitative estimate of drug-likeness (QED) is 0.638. The number of hydrogen-bond acceptors (Lipinski definition) is 3. The highest BCUT2D eigenvalue weighted by Gasteiger charge is 2.10. The van der Waals surface area contributed by atoms with Crippen molar-refractivity contribution in [3.8, 4) is 0 Å². The SMILES string of the molecule is COCCn1c(=NC(=O)/C=C/c2ccccc2)sc2cc(C)cc(C)c21. The summed E-state index contributed by atoms with van der Waals surface area (Å²) in [6.45, 7) is 5.40. The number of carbonyl (C=O) groups excluding carboxylic acids is 1. The van der Waals surface area contributed by atoms with Gasteiger partial charge in [-0.1, -0.05) is 47.7 Å². The van der Waals surface area contributed by atoms with Crippen LogP contribution in [-0.2, 0) is 16.1 Å². The molecular weight excluding hydrogens is 344 g/mol. The summed E-state index contributed by atoms with van der Waals surface area (Å²) >= 11 is 1.54. The van der Waals surface area contributed by atoms with Crippen LogP contribution >= 0.6 is 11.3 Å². The van der Waals surface area contributed by atoms with Gasteiger partial charge in [0.1, 0.15) is 0 Å². The number of hydrogen-bond donors (Lipinski definition) is 0. The van der Waals surface area contributed by atoms with Crippen molar-refractivity contribution in [1.82, 2.24) is 4.57 Å². The second kappa shape index (κ2) is 8.25. The summed E-state index contributed by atoms with van der Waals surface area (Å²) in [5.41, 5.74) is 4.49. The Bertz CT molecular complexity index is 1010. The molecule has 0 saturated heterocycles. The Hall–Kier alpha value is -2.50. The van der Waals surface area contributed by atoms with Gasteiger partial charge in [-0.15, -0.1) is 0 Å². The van der Waals surface area contributed by atoms with Crippen LogP contribution in [0.15, 0.2) is 53.5 Å². The van der Waals surface area contributed by atoms with Gasteiger partial charge in [-0.05, 0) is 42.7 Å². The van der Waals surface area contributed by atoms with Gasteiger partial charge in [0, 0.05) is 19.7 Å². The van der Waals surface area contributed by atoms with Gasteiger partial charge in [0.05, 0.1) is 16.8 Å². The highest BCUT2D eigenvalue weighted by atomic mass is 32.1. The largest absolute Gasteiger partial charge is 0.383 e. The molecule has 3 rings (SSSR count). The average molecular weight is 366 g/mol. The molecule has 26 heavy (non-hydrogen) atoms. The number of carbonyl (C=O) groups is 1. The lowest BCUT2D eigenvalue weighted by molar-refractivity contribution is -0.113. The van der Waals surface area contributed by atoms with Gasteiger partial charge < -0.3 is 9.30 Å². The molecule has 1 heterocycles. The predicted octanol–water partition coefficient (Wildman–Crippen LogP) is 4.11. The number of aryl methyl sites for hydroxylation is 2. The Morgan fingerprint density at radius 2 is 2.00 bits per heavy atom. The molecule has 0 fully saturated rings. The van der Waals surface area contributed by atoms with Crippen molar-refractivity contribution in [2.45, 2.75) is 20.4 Å². The monoisotopic (exact) mass is 366 g/mol. The molecule has 3 aromatic rings. The van der Waals surface area contributed by atoms with Gasteiger partial charge in [0.2, 0.25) is 0 Å². The maximum Gasteiger partial charge on any atom is 0.272 e. The van der Waals surface area contributed by atoms with Crippen LogP contribution in [0, 0.1) is 13.8 Å². The number of ether oxygens (including phenoxy) is 1. The minimum absolute atomic E-state index is 0.263. The van der Waals surface area contributed by atoms with Gasteiger partial charge in [0.25, 0.3) is 5.91 Å². The number of aromatic nitrogens is 1. The van der Waals surface area contributed by atoms with E-state index in [0.29, 0.717) is 18.0 Å². The molecule has 0 N–H and O–H groups in total. The molecule has 134 valence electrons. The molecule has 0 aliphatic carbocycles. The highest BCUT2D eigenvalue weighted by Crippen LogP contribution is 2.23. The van der Waals surface area contributed by atoms with E-state index in [1.165, 1.54) is 28.5 Å². The average Bonchev–Trinajstić information content (AvgIpc) is 2.96. The summed E-state index contributed by atoms with van der Waals surface area (Å²) in [4.78, 5) is 17.4. The van der Waals surface area contributed by atoms with Crippen molar-refractivity contribution in [2.24, 2.45) is 4.99 Å². The summed E-state index contributed by atoms with van der Waals surface area (Å²) in [6.07, 6.45) is 3.30. The zero-order valence-corrected chi connectivity index (χ0v) is 16.0. The zero-order chi connectivity index (χ0) is 18.5. The van der Waals surface area contributed by atoms with Crippen molar-refractivity contribution >= 4 is 33.5 Å².